The Labute approximate surface area is 194 Å². The molecular weight excluding hydrogens is 495 g/mol. The van der Waals surface area contributed by atoms with Crippen molar-refractivity contribution in [3.8, 4) is 11.5 Å². The van der Waals surface area contributed by atoms with Crippen molar-refractivity contribution in [3.63, 3.8) is 0 Å². The van der Waals surface area contributed by atoms with Gasteiger partial charge in [-0.25, -0.2) is 0 Å². The van der Waals surface area contributed by atoms with E-state index in [0.29, 0.717) is 25.7 Å². The summed E-state index contributed by atoms with van der Waals surface area (Å²) in [5, 5.41) is 9.44. The van der Waals surface area contributed by atoms with Crippen LogP contribution in [-0.4, -0.2) is 32.1 Å². The number of amides is 1. The summed E-state index contributed by atoms with van der Waals surface area (Å²) < 4.78 is 11.4. The van der Waals surface area contributed by atoms with Crippen molar-refractivity contribution in [2.24, 2.45) is 10.9 Å². The normalized spacial score (nSPS) is 13.1. The Morgan fingerprint density at radius 2 is 1.67 bits per heavy atom. The second-order valence-corrected chi connectivity index (χ2v) is 7.10. The van der Waals surface area contributed by atoms with Gasteiger partial charge in [-0.1, -0.05) is 26.0 Å². The molecular formula is C22H29IN4O3. The summed E-state index contributed by atoms with van der Waals surface area (Å²) in [5.41, 5.74) is 2.74. The van der Waals surface area contributed by atoms with E-state index in [1.165, 1.54) is 0 Å². The van der Waals surface area contributed by atoms with E-state index in [4.69, 9.17) is 9.47 Å². The molecule has 162 valence electrons. The first kappa shape index (κ1) is 23.8. The van der Waals surface area contributed by atoms with Gasteiger partial charge in [-0.2, -0.15) is 0 Å². The number of nitrogens with one attached hydrogen (secondary N) is 3. The molecule has 0 aromatic heterocycles. The molecule has 0 aliphatic carbocycles. The summed E-state index contributed by atoms with van der Waals surface area (Å²) in [6.45, 7) is 5.66. The Bertz CT molecular complexity index is 869. The lowest BCUT2D eigenvalue weighted by atomic mass is 10.1. The van der Waals surface area contributed by atoms with Gasteiger partial charge in [0, 0.05) is 43.4 Å². The summed E-state index contributed by atoms with van der Waals surface area (Å²) in [5.74, 6) is 2.12. The fourth-order valence-corrected chi connectivity index (χ4v) is 2.74. The monoisotopic (exact) mass is 524 g/mol. The van der Waals surface area contributed by atoms with Crippen LogP contribution in [0.25, 0.3) is 0 Å². The number of nitrogens with zero attached hydrogens (tertiary/aromatic N) is 1. The maximum absolute atomic E-state index is 11.8. The van der Waals surface area contributed by atoms with Gasteiger partial charge in [0.2, 0.25) is 5.91 Å². The van der Waals surface area contributed by atoms with Gasteiger partial charge in [0.25, 0.3) is 0 Å². The van der Waals surface area contributed by atoms with Crippen LogP contribution in [0.2, 0.25) is 0 Å². The molecule has 1 aliphatic heterocycles. The van der Waals surface area contributed by atoms with Gasteiger partial charge in [-0.15, -0.1) is 24.0 Å². The summed E-state index contributed by atoms with van der Waals surface area (Å²) >= 11 is 0. The van der Waals surface area contributed by atoms with Crippen molar-refractivity contribution >= 4 is 47.2 Å². The summed E-state index contributed by atoms with van der Waals surface area (Å²) in [4.78, 5) is 16.0. The highest BCUT2D eigenvalue weighted by Gasteiger charge is 2.11. The summed E-state index contributed by atoms with van der Waals surface area (Å²) in [7, 11) is 1.73. The van der Waals surface area contributed by atoms with Gasteiger partial charge >= 0.3 is 0 Å². The van der Waals surface area contributed by atoms with Crippen LogP contribution in [0.3, 0.4) is 0 Å². The van der Waals surface area contributed by atoms with Crippen LogP contribution in [0.4, 0.5) is 11.4 Å². The molecule has 8 heteroatoms. The van der Waals surface area contributed by atoms with Gasteiger partial charge in [-0.3, -0.25) is 9.79 Å². The lowest BCUT2D eigenvalue weighted by Gasteiger charge is -2.14. The van der Waals surface area contributed by atoms with E-state index in [1.807, 2.05) is 56.3 Å². The van der Waals surface area contributed by atoms with Gasteiger partial charge < -0.3 is 25.4 Å². The van der Waals surface area contributed by atoms with Crippen molar-refractivity contribution in [3.05, 3.63) is 48.0 Å². The van der Waals surface area contributed by atoms with E-state index in [9.17, 15) is 4.79 Å². The summed E-state index contributed by atoms with van der Waals surface area (Å²) in [6.07, 6.45) is 0.876. The van der Waals surface area contributed by atoms with Crippen molar-refractivity contribution in [1.29, 1.82) is 0 Å². The summed E-state index contributed by atoms with van der Waals surface area (Å²) in [6, 6.07) is 13.5. The van der Waals surface area contributed by atoms with E-state index >= 15 is 0 Å². The van der Waals surface area contributed by atoms with E-state index in [0.717, 1.165) is 34.9 Å². The lowest BCUT2D eigenvalue weighted by Crippen LogP contribution is -2.30. The highest BCUT2D eigenvalue weighted by atomic mass is 127. The first-order valence-corrected chi connectivity index (χ1v) is 9.82. The molecule has 0 spiro atoms. The molecule has 0 saturated carbocycles. The lowest BCUT2D eigenvalue weighted by molar-refractivity contribution is -0.118. The Balaban J connectivity index is 0.00000320. The third kappa shape index (κ3) is 6.79. The van der Waals surface area contributed by atoms with Crippen LogP contribution in [0, 0.1) is 5.92 Å². The van der Waals surface area contributed by atoms with Gasteiger partial charge in [-0.05, 0) is 29.8 Å². The average molecular weight is 524 g/mol. The molecule has 0 fully saturated rings. The number of rotatable bonds is 5. The minimum absolute atomic E-state index is 0. The zero-order chi connectivity index (χ0) is 20.6. The minimum atomic E-state index is -0.0457. The zero-order valence-electron chi connectivity index (χ0n) is 17.5. The number of aliphatic imine (C=N–C) groups is 1. The van der Waals surface area contributed by atoms with Crippen molar-refractivity contribution in [1.82, 2.24) is 5.32 Å². The number of ether oxygens (including phenoxy) is 2. The Morgan fingerprint density at radius 1 is 1.00 bits per heavy atom. The molecule has 0 unspecified atom stereocenters. The standard InChI is InChI=1S/C22H28N4O3.HI/c1-15(2)21(27)25-17-7-5-16(6-8-17)14-24-22(23-3)26-18-9-10-19-20(13-18)29-12-4-11-28-19;/h5-10,13,15H,4,11-12,14H2,1-3H3,(H,25,27)(H2,23,24,26);1H. The van der Waals surface area contributed by atoms with Gasteiger partial charge in [0.05, 0.1) is 13.2 Å². The van der Waals surface area contributed by atoms with Crippen LogP contribution >= 0.6 is 24.0 Å². The number of carbonyl (C=O) groups is 1. The number of halogens is 1. The number of hydrogen-bond acceptors (Lipinski definition) is 4. The number of guanidine groups is 1. The van der Waals surface area contributed by atoms with Crippen LogP contribution in [-0.2, 0) is 11.3 Å². The third-order valence-electron chi connectivity index (χ3n) is 4.44. The number of hydrogen-bond donors (Lipinski definition) is 3. The number of carbonyl (C=O) groups excluding carboxylic acids is 1. The number of benzene rings is 2. The molecule has 7 nitrogen and oxygen atoms in total. The Hall–Kier alpha value is -2.49. The first-order chi connectivity index (χ1) is 14.0. The molecule has 2 aromatic rings. The fraction of sp³-hybridized carbons (Fsp3) is 0.364. The molecule has 0 bridgehead atoms. The van der Waals surface area contributed by atoms with Crippen molar-refractivity contribution in [2.75, 3.05) is 30.9 Å². The second-order valence-electron chi connectivity index (χ2n) is 7.10. The molecule has 0 atom stereocenters. The Morgan fingerprint density at radius 3 is 2.33 bits per heavy atom. The van der Waals surface area contributed by atoms with Crippen molar-refractivity contribution in [2.45, 2.75) is 26.8 Å². The predicted molar refractivity (Wildman–Crippen MR) is 131 cm³/mol. The molecule has 2 aromatic carbocycles. The van der Waals surface area contributed by atoms with Gasteiger partial charge in [0.1, 0.15) is 0 Å². The molecule has 3 rings (SSSR count). The minimum Gasteiger partial charge on any atom is -0.490 e. The van der Waals surface area contributed by atoms with Crippen LogP contribution in [0.15, 0.2) is 47.5 Å². The average Bonchev–Trinajstić information content (AvgIpc) is 2.97. The highest BCUT2D eigenvalue weighted by molar-refractivity contribution is 14.0. The number of anilines is 2. The smallest absolute Gasteiger partial charge is 0.226 e. The molecule has 3 N–H and O–H groups in total. The largest absolute Gasteiger partial charge is 0.490 e. The predicted octanol–water partition coefficient (Wildman–Crippen LogP) is 4.25. The van der Waals surface area contributed by atoms with Crippen molar-refractivity contribution < 1.29 is 14.3 Å². The maximum Gasteiger partial charge on any atom is 0.226 e. The van der Waals surface area contributed by atoms with Crippen LogP contribution in [0.5, 0.6) is 11.5 Å². The van der Waals surface area contributed by atoms with Crippen LogP contribution in [0.1, 0.15) is 25.8 Å². The first-order valence-electron chi connectivity index (χ1n) is 9.82. The molecule has 30 heavy (non-hydrogen) atoms. The van der Waals surface area contributed by atoms with E-state index in [2.05, 4.69) is 20.9 Å². The topological polar surface area (TPSA) is 84.0 Å². The number of fused-ring (bicyclic) bond motifs is 1. The maximum atomic E-state index is 11.8. The molecule has 0 saturated heterocycles. The molecule has 1 heterocycles. The van der Waals surface area contributed by atoms with E-state index in [-0.39, 0.29) is 35.8 Å². The van der Waals surface area contributed by atoms with E-state index < -0.39 is 0 Å². The quantitative estimate of drug-likeness (QED) is 0.310. The van der Waals surface area contributed by atoms with Crippen LogP contribution < -0.4 is 25.4 Å². The Kier molecular flexibility index (Phi) is 9.22. The highest BCUT2D eigenvalue weighted by Crippen LogP contribution is 2.32. The molecule has 1 aliphatic rings. The third-order valence-corrected chi connectivity index (χ3v) is 4.44. The van der Waals surface area contributed by atoms with Gasteiger partial charge in [0.15, 0.2) is 17.5 Å². The van der Waals surface area contributed by atoms with E-state index in [1.54, 1.807) is 7.05 Å². The SMILES string of the molecule is CN=C(NCc1ccc(NC(=O)C(C)C)cc1)Nc1ccc2c(c1)OCCCO2.I. The second kappa shape index (κ2) is 11.6. The fourth-order valence-electron chi connectivity index (χ4n) is 2.74. The zero-order valence-corrected chi connectivity index (χ0v) is 19.9. The molecule has 0 radical (unpaired) electrons. The molecule has 1 amide bonds.